The molecule has 0 fully saturated rings. The molecule has 0 N–H and O–H groups in total. The standard InChI is InChI=1S/C8H9Br7Si3/c9-16(10,18(14,15)17(11,12)13)7-6-8-4-2-1-3-5-8/h1-5H,6-7H2. The Hall–Kier alpha value is 3.23. The molecule has 0 saturated heterocycles. The Morgan fingerprint density at radius 3 is 1.72 bits per heavy atom. The van der Waals surface area contributed by atoms with Crippen LogP contribution in [-0.4, -0.2) is 12.6 Å². The SMILES string of the molecule is Br[Si](Br)(Br)[Si](Br)(Br)[Si](Br)(Br)CCc1ccccc1. The lowest BCUT2D eigenvalue weighted by molar-refractivity contribution is 1.13. The molecule has 1 aromatic carbocycles. The van der Waals surface area contributed by atoms with E-state index in [0.717, 1.165) is 12.5 Å². The van der Waals surface area contributed by atoms with Gasteiger partial charge in [0.25, 0.3) is 3.45 Å². The third kappa shape index (κ3) is 5.15. The van der Waals surface area contributed by atoms with Crippen molar-refractivity contribution in [1.29, 1.82) is 0 Å². The van der Waals surface area contributed by atoms with E-state index in [-0.39, 0.29) is 0 Å². The summed E-state index contributed by atoms with van der Waals surface area (Å²) in [6.45, 7) is 0. The maximum Gasteiger partial charge on any atom is 0.278 e. The van der Waals surface area contributed by atoms with Crippen LogP contribution in [-0.2, 0) is 6.42 Å². The van der Waals surface area contributed by atoms with Crippen molar-refractivity contribution in [3.63, 3.8) is 0 Å². The van der Waals surface area contributed by atoms with Crippen molar-refractivity contribution in [2.45, 2.75) is 12.5 Å². The van der Waals surface area contributed by atoms with Gasteiger partial charge >= 0.3 is 0 Å². The highest BCUT2D eigenvalue weighted by atomic mass is 80.0. The van der Waals surface area contributed by atoms with Crippen LogP contribution >= 0.6 is 107 Å². The normalized spacial score (nSPS) is 13.7. The van der Waals surface area contributed by atoms with Crippen molar-refractivity contribution >= 4 is 120 Å². The van der Waals surface area contributed by atoms with Gasteiger partial charge in [0.1, 0.15) is 0 Å². The molecule has 0 aliphatic carbocycles. The quantitative estimate of drug-likeness (QED) is 0.226. The Morgan fingerprint density at radius 2 is 1.28 bits per heavy atom. The minimum absolute atomic E-state index is 1.08. The fourth-order valence-corrected chi connectivity index (χ4v) is 101. The molecular formula is C8H9Br7Si3. The van der Waals surface area contributed by atoms with Crippen LogP contribution in [0, 0.1) is 0 Å². The third-order valence-electron chi connectivity index (χ3n) is 2.39. The van der Waals surface area contributed by atoms with Crippen molar-refractivity contribution < 1.29 is 0 Å². The first-order valence-electron chi connectivity index (χ1n) is 4.94. The molecule has 1 aromatic rings. The van der Waals surface area contributed by atoms with E-state index in [1.165, 1.54) is 5.56 Å². The van der Waals surface area contributed by atoms with Gasteiger partial charge < -0.3 is 0 Å². The molecule has 0 aromatic heterocycles. The molecule has 0 radical (unpaired) electrons. The molecule has 0 bridgehead atoms. The van der Waals surface area contributed by atoms with E-state index in [4.69, 9.17) is 0 Å². The van der Waals surface area contributed by atoms with Gasteiger partial charge in [-0.3, -0.25) is 0 Å². The Kier molecular flexibility index (Phi) is 8.22. The number of rotatable bonds is 5. The number of hydrogen-bond acceptors (Lipinski definition) is 0. The molecule has 0 nitrogen and oxygen atoms in total. The second-order valence-corrected chi connectivity index (χ2v) is 80.3. The summed E-state index contributed by atoms with van der Waals surface area (Å²) in [4.78, 5) is -1.73. The van der Waals surface area contributed by atoms with E-state index < -0.39 is 12.6 Å². The molecular weight excluding hydrogens is 740 g/mol. The summed E-state index contributed by atoms with van der Waals surface area (Å²) in [6.07, 6.45) is 1.08. The van der Waals surface area contributed by atoms with Crippen LogP contribution in [0.1, 0.15) is 5.56 Å². The Balaban J connectivity index is 2.77. The average Bonchev–Trinajstić information content (AvgIpc) is 2.26. The molecule has 0 heterocycles. The second-order valence-electron chi connectivity index (χ2n) is 3.76. The molecule has 0 atom stereocenters. The zero-order chi connectivity index (χ0) is 14.0. The van der Waals surface area contributed by atoms with Crippen LogP contribution in [0.4, 0.5) is 0 Å². The summed E-state index contributed by atoms with van der Waals surface area (Å²) in [7, 11) is 0. The van der Waals surface area contributed by atoms with Crippen molar-refractivity contribution in [1.82, 2.24) is 0 Å². The molecule has 0 aliphatic rings. The van der Waals surface area contributed by atoms with Crippen LogP contribution in [0.3, 0.4) is 0 Å². The first kappa shape index (κ1) is 19.3. The van der Waals surface area contributed by atoms with Crippen molar-refractivity contribution in [2.24, 2.45) is 0 Å². The Bertz CT molecular complexity index is 389. The zero-order valence-electron chi connectivity index (χ0n) is 8.95. The van der Waals surface area contributed by atoms with E-state index in [9.17, 15) is 0 Å². The fourth-order valence-electron chi connectivity index (χ4n) is 1.31. The van der Waals surface area contributed by atoms with Gasteiger partial charge in [-0.2, -0.15) is 0 Å². The topological polar surface area (TPSA) is 0 Å². The summed E-state index contributed by atoms with van der Waals surface area (Å²) in [5.74, 6) is 0. The third-order valence-corrected chi connectivity index (χ3v) is 134. The van der Waals surface area contributed by atoms with E-state index in [0.29, 0.717) is 0 Å². The summed E-state index contributed by atoms with van der Waals surface area (Å²) >= 11 is 27.1. The van der Waals surface area contributed by atoms with Crippen molar-refractivity contribution in [2.75, 3.05) is 0 Å². The van der Waals surface area contributed by atoms with Crippen LogP contribution in [0.25, 0.3) is 0 Å². The predicted molar refractivity (Wildman–Crippen MR) is 115 cm³/mol. The Labute approximate surface area is 165 Å². The van der Waals surface area contributed by atoms with Crippen molar-refractivity contribution in [3.8, 4) is 0 Å². The summed E-state index contributed by atoms with van der Waals surface area (Å²) in [6, 6.07) is 11.7. The second kappa shape index (κ2) is 7.67. The monoisotopic (exact) mass is 741 g/mol. The van der Waals surface area contributed by atoms with Gasteiger partial charge in [0.15, 0.2) is 0 Å². The largest absolute Gasteiger partial charge is 0.278 e. The fraction of sp³-hybridized carbons (Fsp3) is 0.250. The van der Waals surface area contributed by atoms with Crippen molar-refractivity contribution in [3.05, 3.63) is 35.9 Å². The zero-order valence-corrected chi connectivity index (χ0v) is 23.0. The van der Waals surface area contributed by atoms with Gasteiger partial charge in [0.2, 0.25) is 9.18 Å². The minimum atomic E-state index is -1.80. The molecule has 0 spiro atoms. The lowest BCUT2D eigenvalue weighted by Crippen LogP contribution is -2.57. The van der Waals surface area contributed by atoms with Crippen LogP contribution in [0.15, 0.2) is 30.3 Å². The van der Waals surface area contributed by atoms with Crippen LogP contribution in [0.2, 0.25) is 6.04 Å². The average molecular weight is 749 g/mol. The molecule has 0 aliphatic heterocycles. The number of benzene rings is 1. The lowest BCUT2D eigenvalue weighted by Gasteiger charge is -2.35. The molecule has 0 unspecified atom stereocenters. The lowest BCUT2D eigenvalue weighted by atomic mass is 10.2. The summed E-state index contributed by atoms with van der Waals surface area (Å²) < 4.78 is -3.58. The van der Waals surface area contributed by atoms with Gasteiger partial charge in [-0.15, -0.1) is 61.2 Å². The van der Waals surface area contributed by atoms with Gasteiger partial charge in [-0.05, 0) is 18.0 Å². The first-order chi connectivity index (χ1) is 8.08. The van der Waals surface area contributed by atoms with Crippen LogP contribution in [0.5, 0.6) is 0 Å². The number of aryl methyl sites for hydroxylation is 1. The Morgan fingerprint density at radius 1 is 0.778 bits per heavy atom. The van der Waals surface area contributed by atoms with Gasteiger partial charge in [0, 0.05) is 0 Å². The minimum Gasteiger partial charge on any atom is -0.113 e. The van der Waals surface area contributed by atoms with Gasteiger partial charge in [-0.25, -0.2) is 0 Å². The molecule has 0 saturated carbocycles. The van der Waals surface area contributed by atoms with E-state index in [2.05, 4.69) is 137 Å². The van der Waals surface area contributed by atoms with Gasteiger partial charge in [0.05, 0.1) is 0 Å². The van der Waals surface area contributed by atoms with Gasteiger partial charge in [-0.1, -0.05) is 76.2 Å². The molecule has 18 heavy (non-hydrogen) atoms. The molecule has 1 rings (SSSR count). The summed E-state index contributed by atoms with van der Waals surface area (Å²) in [5.41, 5.74) is 1.38. The molecule has 10 heteroatoms. The van der Waals surface area contributed by atoms with E-state index in [1.54, 1.807) is 0 Å². The highest BCUT2D eigenvalue weighted by Gasteiger charge is 2.62. The molecule has 0 amide bonds. The number of halogens is 7. The highest BCUT2D eigenvalue weighted by molar-refractivity contribution is 9.84. The maximum absolute atomic E-state index is 3.97. The summed E-state index contributed by atoms with van der Waals surface area (Å²) in [5, 5.41) is 0. The predicted octanol–water partition coefficient (Wildman–Crippen LogP) is 6.97. The number of hydrogen-bond donors (Lipinski definition) is 0. The van der Waals surface area contributed by atoms with E-state index >= 15 is 0 Å². The van der Waals surface area contributed by atoms with Crippen LogP contribution < -0.4 is 0 Å². The smallest absolute Gasteiger partial charge is 0.113 e. The first-order valence-corrected chi connectivity index (χ1v) is 28.9. The highest BCUT2D eigenvalue weighted by Crippen LogP contribution is 2.54. The maximum atomic E-state index is 3.97. The molecule has 102 valence electrons. The van der Waals surface area contributed by atoms with E-state index in [1.807, 2.05) is 0 Å².